The van der Waals surface area contributed by atoms with Gasteiger partial charge in [-0.05, 0) is 30.7 Å². The van der Waals surface area contributed by atoms with Crippen LogP contribution in [-0.4, -0.2) is 13.0 Å². The molecule has 14 heavy (non-hydrogen) atoms. The summed E-state index contributed by atoms with van der Waals surface area (Å²) in [5, 5.41) is 0.550. The van der Waals surface area contributed by atoms with E-state index in [0.29, 0.717) is 17.0 Å². The van der Waals surface area contributed by atoms with E-state index in [1.807, 2.05) is 0 Å². The lowest BCUT2D eigenvalue weighted by Gasteiger charge is -2.15. The first-order valence-corrected chi connectivity index (χ1v) is 4.76. The van der Waals surface area contributed by atoms with Crippen molar-refractivity contribution < 1.29 is 8.78 Å². The van der Waals surface area contributed by atoms with Crippen molar-refractivity contribution in [1.82, 2.24) is 0 Å². The van der Waals surface area contributed by atoms with Gasteiger partial charge in [0.05, 0.1) is 0 Å². The molecule has 1 rings (SSSR count). The highest BCUT2D eigenvalue weighted by molar-refractivity contribution is 6.30. The van der Waals surface area contributed by atoms with E-state index in [1.165, 1.54) is 0 Å². The van der Waals surface area contributed by atoms with Gasteiger partial charge in [-0.2, -0.15) is 0 Å². The molecule has 1 aromatic rings. The van der Waals surface area contributed by atoms with Crippen molar-refractivity contribution in [3.63, 3.8) is 0 Å². The Labute approximate surface area is 86.9 Å². The molecule has 0 saturated carbocycles. The van der Waals surface area contributed by atoms with Crippen LogP contribution in [0.4, 0.5) is 8.78 Å². The maximum atomic E-state index is 12.6. The topological polar surface area (TPSA) is 26.0 Å². The molecule has 0 spiro atoms. The molecule has 1 aromatic carbocycles. The zero-order chi connectivity index (χ0) is 10.6. The normalized spacial score (nSPS) is 13.2. The van der Waals surface area contributed by atoms with E-state index < -0.39 is 12.3 Å². The highest BCUT2D eigenvalue weighted by atomic mass is 35.5. The molecule has 2 N–H and O–H groups in total. The van der Waals surface area contributed by atoms with Crippen molar-refractivity contribution in [2.45, 2.75) is 18.8 Å². The second-order valence-corrected chi connectivity index (χ2v) is 3.51. The molecule has 0 aromatic heterocycles. The van der Waals surface area contributed by atoms with Gasteiger partial charge in [-0.15, -0.1) is 0 Å². The average Bonchev–Trinajstić information content (AvgIpc) is 2.15. The van der Waals surface area contributed by atoms with Crippen LogP contribution in [0.1, 0.15) is 17.9 Å². The zero-order valence-corrected chi connectivity index (χ0v) is 8.35. The first-order chi connectivity index (χ1) is 6.65. The van der Waals surface area contributed by atoms with Crippen molar-refractivity contribution in [2.24, 2.45) is 5.73 Å². The van der Waals surface area contributed by atoms with Gasteiger partial charge in [0.1, 0.15) is 0 Å². The van der Waals surface area contributed by atoms with Gasteiger partial charge >= 0.3 is 0 Å². The van der Waals surface area contributed by atoms with Gasteiger partial charge in [-0.25, -0.2) is 8.78 Å². The number of hydrogen-bond donors (Lipinski definition) is 1. The fourth-order valence-corrected chi connectivity index (χ4v) is 1.45. The Morgan fingerprint density at radius 1 is 1.21 bits per heavy atom. The maximum absolute atomic E-state index is 12.6. The minimum atomic E-state index is -2.38. The number of halogens is 3. The summed E-state index contributed by atoms with van der Waals surface area (Å²) in [5.74, 6) is -0.780. The lowest BCUT2D eigenvalue weighted by molar-refractivity contribution is 0.111. The van der Waals surface area contributed by atoms with Gasteiger partial charge in [0.2, 0.25) is 6.43 Å². The van der Waals surface area contributed by atoms with E-state index in [-0.39, 0.29) is 6.54 Å². The summed E-state index contributed by atoms with van der Waals surface area (Å²) in [5.41, 5.74) is 5.87. The molecule has 1 nitrogen and oxygen atoms in total. The summed E-state index contributed by atoms with van der Waals surface area (Å²) in [7, 11) is 0. The van der Waals surface area contributed by atoms with Crippen molar-refractivity contribution in [1.29, 1.82) is 0 Å². The molecule has 0 aliphatic carbocycles. The van der Waals surface area contributed by atoms with Crippen LogP contribution in [0.5, 0.6) is 0 Å². The van der Waals surface area contributed by atoms with Crippen molar-refractivity contribution >= 4 is 11.6 Å². The molecule has 0 amide bonds. The molecular formula is C10H12ClF2N. The van der Waals surface area contributed by atoms with Gasteiger partial charge < -0.3 is 5.73 Å². The third-order valence-electron chi connectivity index (χ3n) is 2.08. The lowest BCUT2D eigenvalue weighted by Crippen LogP contribution is -2.14. The molecule has 1 unspecified atom stereocenters. The Morgan fingerprint density at radius 3 is 2.21 bits per heavy atom. The van der Waals surface area contributed by atoms with Crippen LogP contribution in [0.15, 0.2) is 24.3 Å². The Hall–Kier alpha value is -0.670. The molecule has 0 fully saturated rings. The monoisotopic (exact) mass is 219 g/mol. The Balaban J connectivity index is 2.82. The summed E-state index contributed by atoms with van der Waals surface area (Å²) in [6, 6.07) is 6.47. The number of nitrogens with two attached hydrogens (primary N) is 1. The van der Waals surface area contributed by atoms with E-state index in [4.69, 9.17) is 17.3 Å². The Kier molecular flexibility index (Phi) is 4.29. The fourth-order valence-electron chi connectivity index (χ4n) is 1.33. The van der Waals surface area contributed by atoms with Gasteiger partial charge in [0.25, 0.3) is 0 Å². The van der Waals surface area contributed by atoms with Gasteiger partial charge in [0, 0.05) is 10.9 Å². The van der Waals surface area contributed by atoms with Crippen LogP contribution in [0.25, 0.3) is 0 Å². The second-order valence-electron chi connectivity index (χ2n) is 3.07. The Bertz CT molecular complexity index is 274. The number of rotatable bonds is 4. The van der Waals surface area contributed by atoms with E-state index in [0.717, 1.165) is 0 Å². The van der Waals surface area contributed by atoms with Crippen LogP contribution in [0.2, 0.25) is 5.02 Å². The van der Waals surface area contributed by atoms with Crippen LogP contribution in [-0.2, 0) is 0 Å². The highest BCUT2D eigenvalue weighted by Crippen LogP contribution is 2.27. The van der Waals surface area contributed by atoms with Crippen LogP contribution in [0, 0.1) is 0 Å². The molecule has 78 valence electrons. The molecule has 0 radical (unpaired) electrons. The van der Waals surface area contributed by atoms with Crippen molar-refractivity contribution in [3.8, 4) is 0 Å². The summed E-state index contributed by atoms with van der Waals surface area (Å²) in [6.45, 7) is 0.262. The van der Waals surface area contributed by atoms with Crippen molar-refractivity contribution in [3.05, 3.63) is 34.9 Å². The first-order valence-electron chi connectivity index (χ1n) is 4.39. The summed E-state index contributed by atoms with van der Waals surface area (Å²) in [4.78, 5) is 0. The fraction of sp³-hybridized carbons (Fsp3) is 0.400. The lowest BCUT2D eigenvalue weighted by atomic mass is 9.96. The molecule has 0 aliphatic heterocycles. The van der Waals surface area contributed by atoms with E-state index >= 15 is 0 Å². The van der Waals surface area contributed by atoms with Crippen LogP contribution < -0.4 is 5.73 Å². The Morgan fingerprint density at radius 2 is 1.79 bits per heavy atom. The molecule has 4 heteroatoms. The van der Waals surface area contributed by atoms with E-state index in [1.54, 1.807) is 24.3 Å². The molecule has 0 bridgehead atoms. The maximum Gasteiger partial charge on any atom is 0.245 e. The molecule has 0 saturated heterocycles. The average molecular weight is 220 g/mol. The molecular weight excluding hydrogens is 208 g/mol. The first kappa shape index (κ1) is 11.4. The van der Waals surface area contributed by atoms with Gasteiger partial charge in [-0.3, -0.25) is 0 Å². The zero-order valence-electron chi connectivity index (χ0n) is 7.59. The largest absolute Gasteiger partial charge is 0.330 e. The minimum Gasteiger partial charge on any atom is -0.330 e. The number of alkyl halides is 2. The van der Waals surface area contributed by atoms with Crippen LogP contribution >= 0.6 is 11.6 Å². The summed E-state index contributed by atoms with van der Waals surface area (Å²) < 4.78 is 25.2. The predicted octanol–water partition coefficient (Wildman–Crippen LogP) is 3.04. The highest BCUT2D eigenvalue weighted by Gasteiger charge is 2.21. The van der Waals surface area contributed by atoms with E-state index in [2.05, 4.69) is 0 Å². The molecule has 0 heterocycles. The smallest absolute Gasteiger partial charge is 0.245 e. The molecule has 0 aliphatic rings. The summed E-state index contributed by atoms with van der Waals surface area (Å²) >= 11 is 5.66. The van der Waals surface area contributed by atoms with E-state index in [9.17, 15) is 8.78 Å². The van der Waals surface area contributed by atoms with Crippen LogP contribution in [0.3, 0.4) is 0 Å². The number of hydrogen-bond acceptors (Lipinski definition) is 1. The predicted molar refractivity (Wildman–Crippen MR) is 53.9 cm³/mol. The third kappa shape index (κ3) is 2.93. The standard InChI is InChI=1S/C10H12ClF2N/c11-8-3-1-7(2-4-8)9(5-6-14)10(12)13/h1-4,9-10H,5-6,14H2. The molecule has 1 atom stereocenters. The van der Waals surface area contributed by atoms with Gasteiger partial charge in [-0.1, -0.05) is 23.7 Å². The number of benzene rings is 1. The van der Waals surface area contributed by atoms with Gasteiger partial charge in [0.15, 0.2) is 0 Å². The minimum absolute atomic E-state index is 0.262. The van der Waals surface area contributed by atoms with Crippen molar-refractivity contribution in [2.75, 3.05) is 6.54 Å². The quantitative estimate of drug-likeness (QED) is 0.828. The summed E-state index contributed by atoms with van der Waals surface area (Å²) in [6.07, 6.45) is -2.08. The SMILES string of the molecule is NCCC(c1ccc(Cl)cc1)C(F)F. The third-order valence-corrected chi connectivity index (χ3v) is 2.33. The second kappa shape index (κ2) is 5.27.